The normalized spacial score (nSPS) is 12.4. The number of aryl methyl sites for hydroxylation is 1. The Labute approximate surface area is 135 Å². The Kier molecular flexibility index (Phi) is 5.35. The first kappa shape index (κ1) is 15.7. The molecule has 0 aromatic heterocycles. The third kappa shape index (κ3) is 3.90. The number of halogens is 3. The van der Waals surface area contributed by atoms with Gasteiger partial charge in [-0.3, -0.25) is 0 Å². The fourth-order valence-corrected chi connectivity index (χ4v) is 3.22. The molecule has 0 fully saturated rings. The van der Waals surface area contributed by atoms with Gasteiger partial charge in [0.15, 0.2) is 0 Å². The van der Waals surface area contributed by atoms with Crippen LogP contribution < -0.4 is 5.32 Å². The van der Waals surface area contributed by atoms with E-state index in [1.54, 1.807) is 0 Å². The number of hydrogen-bond acceptors (Lipinski definition) is 1. The first-order chi connectivity index (χ1) is 9.49. The molecule has 2 aromatic carbocycles. The van der Waals surface area contributed by atoms with E-state index >= 15 is 0 Å². The van der Waals surface area contributed by atoms with Crippen molar-refractivity contribution in [3.63, 3.8) is 0 Å². The number of likely N-dealkylation sites (N-methyl/N-ethyl adjacent to an activating group) is 1. The lowest BCUT2D eigenvalue weighted by Gasteiger charge is -2.18. The second kappa shape index (κ2) is 6.83. The van der Waals surface area contributed by atoms with E-state index in [0.29, 0.717) is 12.0 Å². The van der Waals surface area contributed by atoms with Crippen molar-refractivity contribution in [1.29, 1.82) is 0 Å². The third-order valence-corrected chi connectivity index (χ3v) is 4.21. The minimum Gasteiger partial charge on any atom is -0.313 e. The molecule has 0 aliphatic rings. The summed E-state index contributed by atoms with van der Waals surface area (Å²) in [5, 5.41) is 3.26. The van der Waals surface area contributed by atoms with Gasteiger partial charge in [0, 0.05) is 15.0 Å². The Balaban J connectivity index is 2.28. The van der Waals surface area contributed by atoms with Crippen LogP contribution in [0.2, 0.25) is 0 Å². The molecule has 2 aromatic rings. The average Bonchev–Trinajstić information content (AvgIpc) is 2.36. The Morgan fingerprint density at radius 2 is 1.85 bits per heavy atom. The smallest absolute Gasteiger partial charge is 0.127 e. The summed E-state index contributed by atoms with van der Waals surface area (Å²) in [6.45, 7) is 2.06. The van der Waals surface area contributed by atoms with Gasteiger partial charge in [-0.25, -0.2) is 4.39 Å². The Hall–Kier alpha value is -0.710. The monoisotopic (exact) mass is 399 g/mol. The van der Waals surface area contributed by atoms with E-state index in [1.807, 2.05) is 19.2 Å². The van der Waals surface area contributed by atoms with Gasteiger partial charge >= 0.3 is 0 Å². The van der Waals surface area contributed by atoms with Gasteiger partial charge in [0.2, 0.25) is 0 Å². The second-order valence-corrected chi connectivity index (χ2v) is 6.67. The van der Waals surface area contributed by atoms with Gasteiger partial charge in [-0.05, 0) is 61.3 Å². The zero-order chi connectivity index (χ0) is 14.7. The Bertz CT molecular complexity index is 593. The molecule has 1 atom stereocenters. The summed E-state index contributed by atoms with van der Waals surface area (Å²) in [6, 6.07) is 11.6. The van der Waals surface area contributed by atoms with Crippen LogP contribution in [0, 0.1) is 12.7 Å². The zero-order valence-electron chi connectivity index (χ0n) is 11.4. The van der Waals surface area contributed by atoms with E-state index in [2.05, 4.69) is 62.3 Å². The summed E-state index contributed by atoms with van der Waals surface area (Å²) < 4.78 is 15.8. The molecular weight excluding hydrogens is 385 g/mol. The van der Waals surface area contributed by atoms with Gasteiger partial charge in [-0.15, -0.1) is 0 Å². The number of rotatable bonds is 4. The standard InChI is InChI=1S/C16H16Br2FN/c1-10-5-12(7-14(18)6-10)16(20-2)8-11-3-4-13(17)9-15(11)19/h3-7,9,16,20H,8H2,1-2H3. The van der Waals surface area contributed by atoms with E-state index in [1.165, 1.54) is 11.6 Å². The van der Waals surface area contributed by atoms with Crippen LogP contribution in [0.5, 0.6) is 0 Å². The zero-order valence-corrected chi connectivity index (χ0v) is 14.6. The summed E-state index contributed by atoms with van der Waals surface area (Å²) in [6.07, 6.45) is 0.617. The van der Waals surface area contributed by atoms with Gasteiger partial charge < -0.3 is 5.32 Å². The number of hydrogen-bond donors (Lipinski definition) is 1. The van der Waals surface area contributed by atoms with E-state index in [-0.39, 0.29) is 11.9 Å². The lowest BCUT2D eigenvalue weighted by atomic mass is 9.97. The average molecular weight is 401 g/mol. The summed E-state index contributed by atoms with van der Waals surface area (Å²) in [4.78, 5) is 0. The number of benzene rings is 2. The van der Waals surface area contributed by atoms with Crippen LogP contribution in [-0.4, -0.2) is 7.05 Å². The molecule has 0 spiro atoms. The minimum absolute atomic E-state index is 0.0851. The van der Waals surface area contributed by atoms with E-state index in [9.17, 15) is 4.39 Å². The number of nitrogens with one attached hydrogen (secondary N) is 1. The van der Waals surface area contributed by atoms with Crippen LogP contribution in [0.1, 0.15) is 22.7 Å². The van der Waals surface area contributed by atoms with Crippen molar-refractivity contribution in [3.05, 3.63) is 67.9 Å². The van der Waals surface area contributed by atoms with Crippen LogP contribution in [-0.2, 0) is 6.42 Å². The van der Waals surface area contributed by atoms with Gasteiger partial charge in [0.1, 0.15) is 5.82 Å². The molecule has 1 N–H and O–H groups in total. The predicted octanol–water partition coefficient (Wildman–Crippen LogP) is 5.16. The molecule has 0 aliphatic carbocycles. The fraction of sp³-hybridized carbons (Fsp3) is 0.250. The molecular formula is C16H16Br2FN. The van der Waals surface area contributed by atoms with E-state index < -0.39 is 0 Å². The minimum atomic E-state index is -0.175. The van der Waals surface area contributed by atoms with Crippen LogP contribution >= 0.6 is 31.9 Å². The molecule has 1 nitrogen and oxygen atoms in total. The van der Waals surface area contributed by atoms with Gasteiger partial charge in [0.25, 0.3) is 0 Å². The molecule has 0 bridgehead atoms. The van der Waals surface area contributed by atoms with Crippen molar-refractivity contribution in [1.82, 2.24) is 5.32 Å². The molecule has 0 amide bonds. The molecule has 4 heteroatoms. The highest BCUT2D eigenvalue weighted by Gasteiger charge is 2.14. The van der Waals surface area contributed by atoms with Crippen LogP contribution in [0.25, 0.3) is 0 Å². The van der Waals surface area contributed by atoms with Gasteiger partial charge in [-0.1, -0.05) is 44.0 Å². The molecule has 0 saturated heterocycles. The molecule has 20 heavy (non-hydrogen) atoms. The lowest BCUT2D eigenvalue weighted by Crippen LogP contribution is -2.19. The predicted molar refractivity (Wildman–Crippen MR) is 88.5 cm³/mol. The molecule has 1 unspecified atom stereocenters. The van der Waals surface area contributed by atoms with Crippen LogP contribution in [0.15, 0.2) is 45.3 Å². The lowest BCUT2D eigenvalue weighted by molar-refractivity contribution is 0.553. The Morgan fingerprint density at radius 1 is 1.10 bits per heavy atom. The van der Waals surface area contributed by atoms with Crippen molar-refractivity contribution in [2.24, 2.45) is 0 Å². The molecule has 0 radical (unpaired) electrons. The van der Waals surface area contributed by atoms with Gasteiger partial charge in [0.05, 0.1) is 0 Å². The van der Waals surface area contributed by atoms with Crippen molar-refractivity contribution in [2.45, 2.75) is 19.4 Å². The van der Waals surface area contributed by atoms with Crippen molar-refractivity contribution in [3.8, 4) is 0 Å². The largest absolute Gasteiger partial charge is 0.313 e. The second-order valence-electron chi connectivity index (χ2n) is 4.84. The first-order valence-corrected chi connectivity index (χ1v) is 7.96. The Morgan fingerprint density at radius 3 is 2.45 bits per heavy atom. The topological polar surface area (TPSA) is 12.0 Å². The van der Waals surface area contributed by atoms with Gasteiger partial charge in [-0.2, -0.15) is 0 Å². The fourth-order valence-electron chi connectivity index (χ4n) is 2.26. The highest BCUT2D eigenvalue weighted by Crippen LogP contribution is 2.25. The maximum atomic E-state index is 14.0. The summed E-state index contributed by atoms with van der Waals surface area (Å²) in [5.74, 6) is -0.175. The molecule has 0 saturated carbocycles. The van der Waals surface area contributed by atoms with Crippen LogP contribution in [0.4, 0.5) is 4.39 Å². The molecule has 0 heterocycles. The first-order valence-electron chi connectivity index (χ1n) is 6.38. The highest BCUT2D eigenvalue weighted by atomic mass is 79.9. The third-order valence-electron chi connectivity index (χ3n) is 3.25. The SMILES string of the molecule is CNC(Cc1ccc(Br)cc1F)c1cc(C)cc(Br)c1. The highest BCUT2D eigenvalue weighted by molar-refractivity contribution is 9.10. The molecule has 0 aliphatic heterocycles. The summed E-state index contributed by atoms with van der Waals surface area (Å²) in [7, 11) is 1.90. The van der Waals surface area contributed by atoms with Crippen LogP contribution in [0.3, 0.4) is 0 Å². The maximum absolute atomic E-state index is 14.0. The maximum Gasteiger partial charge on any atom is 0.127 e. The van der Waals surface area contributed by atoms with Crippen molar-refractivity contribution in [2.75, 3.05) is 7.05 Å². The summed E-state index contributed by atoms with van der Waals surface area (Å²) in [5.41, 5.74) is 3.05. The van der Waals surface area contributed by atoms with E-state index in [0.717, 1.165) is 14.5 Å². The quantitative estimate of drug-likeness (QED) is 0.747. The summed E-state index contributed by atoms with van der Waals surface area (Å²) >= 11 is 6.79. The van der Waals surface area contributed by atoms with E-state index in [4.69, 9.17) is 0 Å². The molecule has 106 valence electrons. The van der Waals surface area contributed by atoms with Crippen molar-refractivity contribution < 1.29 is 4.39 Å². The molecule has 2 rings (SSSR count). The van der Waals surface area contributed by atoms with Crippen molar-refractivity contribution >= 4 is 31.9 Å².